The largest absolute Gasteiger partial charge is 0.476 e. The molecule has 37 heavy (non-hydrogen) atoms. The Labute approximate surface area is 216 Å². The quantitative estimate of drug-likeness (QED) is 0.425. The Balaban J connectivity index is 1.68. The van der Waals surface area contributed by atoms with Crippen LogP contribution in [0, 0.1) is 0 Å². The maximum absolute atomic E-state index is 14.1. The molecule has 0 saturated carbocycles. The molecule has 4 heterocycles. The SMILES string of the molecule is CC(C)c1csc(CCc2ccn3c(=O)c(C=C(F)C(=O)O)c(N4CCN(C(=O)CN)CC4)nc3c2)n1. The van der Waals surface area contributed by atoms with Crippen LogP contribution in [0.4, 0.5) is 10.2 Å². The van der Waals surface area contributed by atoms with E-state index >= 15 is 0 Å². The summed E-state index contributed by atoms with van der Waals surface area (Å²) < 4.78 is 15.4. The number of carboxylic acids is 1. The van der Waals surface area contributed by atoms with E-state index in [1.165, 1.54) is 4.40 Å². The molecular formula is C25H29FN6O4S. The molecule has 1 aliphatic rings. The van der Waals surface area contributed by atoms with Crippen molar-refractivity contribution in [2.75, 3.05) is 37.6 Å². The third-order valence-corrected chi connectivity index (χ3v) is 7.21. The van der Waals surface area contributed by atoms with Crippen LogP contribution in [0.2, 0.25) is 0 Å². The number of aryl methyl sites for hydroxylation is 2. The molecule has 1 aliphatic heterocycles. The highest BCUT2D eigenvalue weighted by atomic mass is 32.1. The molecule has 3 aromatic rings. The number of carbonyl (C=O) groups is 2. The van der Waals surface area contributed by atoms with Gasteiger partial charge in [0.25, 0.3) is 5.56 Å². The number of carboxylic acid groups (broad SMARTS) is 1. The van der Waals surface area contributed by atoms with E-state index in [1.807, 2.05) is 0 Å². The Hall–Kier alpha value is -3.64. The third-order valence-electron chi connectivity index (χ3n) is 6.28. The first-order valence-corrected chi connectivity index (χ1v) is 12.9. The van der Waals surface area contributed by atoms with Crippen molar-refractivity contribution in [3.05, 3.63) is 61.7 Å². The molecule has 196 valence electrons. The van der Waals surface area contributed by atoms with Crippen molar-refractivity contribution < 1.29 is 19.1 Å². The highest BCUT2D eigenvalue weighted by Crippen LogP contribution is 2.23. The Morgan fingerprint density at radius 1 is 1.22 bits per heavy atom. The van der Waals surface area contributed by atoms with Crippen LogP contribution < -0.4 is 16.2 Å². The lowest BCUT2D eigenvalue weighted by atomic mass is 10.1. The molecule has 3 N–H and O–H groups in total. The fraction of sp³-hybridized carbons (Fsp3) is 0.400. The number of amides is 1. The first-order chi connectivity index (χ1) is 17.7. The van der Waals surface area contributed by atoms with Gasteiger partial charge < -0.3 is 20.6 Å². The Morgan fingerprint density at radius 2 is 1.95 bits per heavy atom. The van der Waals surface area contributed by atoms with Crippen molar-refractivity contribution in [2.45, 2.75) is 32.6 Å². The first kappa shape index (κ1) is 26.4. The van der Waals surface area contributed by atoms with E-state index in [4.69, 9.17) is 10.8 Å². The molecule has 0 aliphatic carbocycles. The topological polar surface area (TPSA) is 134 Å². The van der Waals surface area contributed by atoms with E-state index in [-0.39, 0.29) is 23.8 Å². The van der Waals surface area contributed by atoms with Crippen molar-refractivity contribution in [2.24, 2.45) is 5.73 Å². The van der Waals surface area contributed by atoms with Crippen molar-refractivity contribution in [3.63, 3.8) is 0 Å². The van der Waals surface area contributed by atoms with Gasteiger partial charge in [0.2, 0.25) is 11.7 Å². The number of nitrogens with two attached hydrogens (primary N) is 1. The Morgan fingerprint density at radius 3 is 2.57 bits per heavy atom. The summed E-state index contributed by atoms with van der Waals surface area (Å²) in [4.78, 5) is 49.1. The molecule has 1 amide bonds. The number of nitrogens with zero attached hydrogens (tertiary/aromatic N) is 5. The van der Waals surface area contributed by atoms with Gasteiger partial charge in [-0.05, 0) is 36.1 Å². The summed E-state index contributed by atoms with van der Waals surface area (Å²) >= 11 is 1.62. The highest BCUT2D eigenvalue weighted by molar-refractivity contribution is 7.09. The number of hydrogen-bond donors (Lipinski definition) is 2. The zero-order chi connectivity index (χ0) is 26.7. The van der Waals surface area contributed by atoms with Crippen LogP contribution >= 0.6 is 11.3 Å². The number of pyridine rings is 1. The fourth-order valence-electron chi connectivity index (χ4n) is 4.15. The second-order valence-electron chi connectivity index (χ2n) is 9.11. The Kier molecular flexibility index (Phi) is 7.98. The van der Waals surface area contributed by atoms with Crippen molar-refractivity contribution in [3.8, 4) is 0 Å². The van der Waals surface area contributed by atoms with Crippen molar-refractivity contribution >= 4 is 40.8 Å². The average molecular weight is 529 g/mol. The standard InChI is InChI=1S/C25H29FN6O4S/c1-15(2)19-14-37-21(28-19)4-3-16-5-6-32-20(11-16)29-23(17(24(32)34)12-18(26)25(35)36)31-9-7-30(8-10-31)22(33)13-27/h5-6,11-12,14-15H,3-4,7-10,13,27H2,1-2H3,(H,35,36). The molecule has 0 spiro atoms. The van der Waals surface area contributed by atoms with Crippen LogP contribution in [0.3, 0.4) is 0 Å². The number of carbonyl (C=O) groups excluding carboxylic acids is 1. The van der Waals surface area contributed by atoms with Gasteiger partial charge in [0.1, 0.15) is 11.5 Å². The number of aromatic nitrogens is 3. The number of thiazole rings is 1. The number of aliphatic carboxylic acids is 1. The maximum atomic E-state index is 14.1. The maximum Gasteiger partial charge on any atom is 0.364 e. The molecule has 0 radical (unpaired) electrons. The monoisotopic (exact) mass is 528 g/mol. The molecule has 1 fully saturated rings. The summed E-state index contributed by atoms with van der Waals surface area (Å²) in [7, 11) is 0. The molecule has 4 rings (SSSR count). The minimum absolute atomic E-state index is 0.101. The van der Waals surface area contributed by atoms with Crippen molar-refractivity contribution in [1.29, 1.82) is 0 Å². The van der Waals surface area contributed by atoms with E-state index < -0.39 is 17.4 Å². The smallest absolute Gasteiger partial charge is 0.364 e. The number of halogens is 1. The second-order valence-corrected chi connectivity index (χ2v) is 10.1. The molecule has 10 nitrogen and oxygen atoms in total. The van der Waals surface area contributed by atoms with Gasteiger partial charge in [-0.25, -0.2) is 14.8 Å². The van der Waals surface area contributed by atoms with Gasteiger partial charge in [-0.1, -0.05) is 13.8 Å². The zero-order valence-corrected chi connectivity index (χ0v) is 21.5. The first-order valence-electron chi connectivity index (χ1n) is 12.0. The summed E-state index contributed by atoms with van der Waals surface area (Å²) in [6.45, 7) is 5.49. The zero-order valence-electron chi connectivity index (χ0n) is 20.7. The second kappa shape index (κ2) is 11.2. The third kappa shape index (κ3) is 5.86. The average Bonchev–Trinajstić information content (AvgIpc) is 3.38. The fourth-order valence-corrected chi connectivity index (χ4v) is 5.11. The van der Waals surface area contributed by atoms with Gasteiger partial charge in [0, 0.05) is 44.2 Å². The van der Waals surface area contributed by atoms with Crippen LogP contribution in [0.25, 0.3) is 11.7 Å². The van der Waals surface area contributed by atoms with Gasteiger partial charge in [-0.3, -0.25) is 14.0 Å². The molecule has 0 unspecified atom stereocenters. The van der Waals surface area contributed by atoms with E-state index in [9.17, 15) is 18.8 Å². The number of anilines is 1. The van der Waals surface area contributed by atoms with E-state index in [0.717, 1.165) is 22.7 Å². The summed E-state index contributed by atoms with van der Waals surface area (Å²) in [6, 6.07) is 3.60. The number of hydrogen-bond acceptors (Lipinski definition) is 8. The number of rotatable bonds is 8. The number of piperazine rings is 1. The van der Waals surface area contributed by atoms with Crippen LogP contribution in [-0.4, -0.2) is 69.0 Å². The highest BCUT2D eigenvalue weighted by Gasteiger charge is 2.25. The summed E-state index contributed by atoms with van der Waals surface area (Å²) in [5.74, 6) is -2.87. The molecule has 0 bridgehead atoms. The van der Waals surface area contributed by atoms with Crippen molar-refractivity contribution in [1.82, 2.24) is 19.3 Å². The molecule has 0 aromatic carbocycles. The van der Waals surface area contributed by atoms with Gasteiger partial charge in [-0.15, -0.1) is 11.3 Å². The van der Waals surface area contributed by atoms with Gasteiger partial charge in [0.15, 0.2) is 0 Å². The number of fused-ring (bicyclic) bond motifs is 1. The summed E-state index contributed by atoms with van der Waals surface area (Å²) in [6.07, 6.45) is 3.72. The van der Waals surface area contributed by atoms with Crippen LogP contribution in [0.15, 0.2) is 34.3 Å². The van der Waals surface area contributed by atoms with Gasteiger partial charge in [-0.2, -0.15) is 4.39 Å². The molecular weight excluding hydrogens is 499 g/mol. The molecule has 12 heteroatoms. The molecule has 3 aromatic heterocycles. The Bertz CT molecular complexity index is 1410. The normalized spacial score (nSPS) is 14.6. The minimum atomic E-state index is -1.77. The van der Waals surface area contributed by atoms with Gasteiger partial charge in [0.05, 0.1) is 22.8 Å². The predicted molar refractivity (Wildman–Crippen MR) is 140 cm³/mol. The lowest BCUT2D eigenvalue weighted by Gasteiger charge is -2.35. The van der Waals surface area contributed by atoms with E-state index in [0.29, 0.717) is 50.2 Å². The van der Waals surface area contributed by atoms with E-state index in [1.54, 1.807) is 39.5 Å². The molecule has 0 atom stereocenters. The van der Waals surface area contributed by atoms with Gasteiger partial charge >= 0.3 is 5.97 Å². The van der Waals surface area contributed by atoms with E-state index in [2.05, 4.69) is 29.2 Å². The summed E-state index contributed by atoms with van der Waals surface area (Å²) in [5, 5.41) is 12.1. The van der Waals surface area contributed by atoms with Crippen LogP contribution in [0.5, 0.6) is 0 Å². The predicted octanol–water partition coefficient (Wildman–Crippen LogP) is 2.06. The molecule has 1 saturated heterocycles. The van der Waals surface area contributed by atoms with Crippen LogP contribution in [0.1, 0.15) is 41.6 Å². The minimum Gasteiger partial charge on any atom is -0.476 e. The van der Waals surface area contributed by atoms with Crippen LogP contribution in [-0.2, 0) is 22.4 Å². The summed E-state index contributed by atoms with van der Waals surface area (Å²) in [5.41, 5.74) is 7.11. The lowest BCUT2D eigenvalue weighted by Crippen LogP contribution is -2.51. The lowest BCUT2D eigenvalue weighted by molar-refractivity contribution is -0.134.